The molecular weight excluding hydrogens is 322 g/mol. The van der Waals surface area contributed by atoms with E-state index in [9.17, 15) is 9.59 Å². The molecule has 0 saturated heterocycles. The van der Waals surface area contributed by atoms with E-state index in [1.54, 1.807) is 6.07 Å². The fourth-order valence-corrected chi connectivity index (χ4v) is 2.76. The SMILES string of the molecule is CC(C)(N)CNC(=O)C(Cc1ccccc1)NC(=O)c1cccs1. The van der Waals surface area contributed by atoms with Crippen molar-refractivity contribution in [2.24, 2.45) is 5.73 Å². The molecule has 0 radical (unpaired) electrons. The standard InChI is InChI=1S/C18H23N3O2S/c1-18(2,19)12-20-16(22)14(11-13-7-4-3-5-8-13)21-17(23)15-9-6-10-24-15/h3-10,14H,11-12,19H2,1-2H3,(H,20,22)(H,21,23). The highest BCUT2D eigenvalue weighted by atomic mass is 32.1. The quantitative estimate of drug-likeness (QED) is 0.717. The van der Waals surface area contributed by atoms with E-state index < -0.39 is 11.6 Å². The number of rotatable bonds is 7. The molecule has 0 aliphatic carbocycles. The Morgan fingerprint density at radius 3 is 2.46 bits per heavy atom. The molecule has 128 valence electrons. The van der Waals surface area contributed by atoms with Gasteiger partial charge in [0.05, 0.1) is 4.88 Å². The molecule has 0 spiro atoms. The molecule has 6 heteroatoms. The van der Waals surface area contributed by atoms with Crippen molar-refractivity contribution in [3.05, 3.63) is 58.3 Å². The van der Waals surface area contributed by atoms with Crippen molar-refractivity contribution in [2.45, 2.75) is 31.8 Å². The van der Waals surface area contributed by atoms with Crippen LogP contribution >= 0.6 is 11.3 Å². The third kappa shape index (κ3) is 5.79. The summed E-state index contributed by atoms with van der Waals surface area (Å²) in [5, 5.41) is 7.47. The van der Waals surface area contributed by atoms with Crippen LogP contribution in [0.15, 0.2) is 47.8 Å². The van der Waals surface area contributed by atoms with E-state index in [1.807, 2.05) is 55.6 Å². The largest absolute Gasteiger partial charge is 0.352 e. The van der Waals surface area contributed by atoms with Crippen LogP contribution in [0.4, 0.5) is 0 Å². The molecule has 0 saturated carbocycles. The van der Waals surface area contributed by atoms with E-state index in [-0.39, 0.29) is 11.8 Å². The first-order valence-corrected chi connectivity index (χ1v) is 8.68. The van der Waals surface area contributed by atoms with Crippen molar-refractivity contribution < 1.29 is 9.59 Å². The number of carbonyl (C=O) groups is 2. The van der Waals surface area contributed by atoms with E-state index in [2.05, 4.69) is 10.6 Å². The number of benzene rings is 1. The van der Waals surface area contributed by atoms with Crippen LogP contribution in [-0.4, -0.2) is 29.9 Å². The predicted octanol–water partition coefficient (Wildman–Crippen LogP) is 1.94. The van der Waals surface area contributed by atoms with Gasteiger partial charge in [-0.3, -0.25) is 9.59 Å². The first kappa shape index (κ1) is 18.2. The fourth-order valence-electron chi connectivity index (χ4n) is 2.13. The zero-order valence-electron chi connectivity index (χ0n) is 13.9. The number of nitrogens with one attached hydrogen (secondary N) is 2. The van der Waals surface area contributed by atoms with Gasteiger partial charge in [0.2, 0.25) is 5.91 Å². The average molecular weight is 345 g/mol. The maximum Gasteiger partial charge on any atom is 0.262 e. The minimum Gasteiger partial charge on any atom is -0.352 e. The highest BCUT2D eigenvalue weighted by molar-refractivity contribution is 7.12. The van der Waals surface area contributed by atoms with E-state index in [0.29, 0.717) is 17.8 Å². The Morgan fingerprint density at radius 2 is 1.88 bits per heavy atom. The topological polar surface area (TPSA) is 84.2 Å². The van der Waals surface area contributed by atoms with Crippen molar-refractivity contribution in [3.63, 3.8) is 0 Å². The number of thiophene rings is 1. The summed E-state index contributed by atoms with van der Waals surface area (Å²) in [7, 11) is 0. The normalized spacial score (nSPS) is 12.5. The number of hydrogen-bond donors (Lipinski definition) is 3. The minimum atomic E-state index is -0.649. The first-order chi connectivity index (χ1) is 11.3. The molecule has 1 heterocycles. The molecule has 2 rings (SSSR count). The van der Waals surface area contributed by atoms with Gasteiger partial charge in [-0.05, 0) is 30.9 Å². The summed E-state index contributed by atoms with van der Waals surface area (Å²) in [5.74, 6) is -0.477. The van der Waals surface area contributed by atoms with Crippen molar-refractivity contribution in [2.75, 3.05) is 6.54 Å². The fraction of sp³-hybridized carbons (Fsp3) is 0.333. The van der Waals surface area contributed by atoms with Crippen molar-refractivity contribution in [3.8, 4) is 0 Å². The maximum atomic E-state index is 12.5. The summed E-state index contributed by atoms with van der Waals surface area (Å²) < 4.78 is 0. The molecule has 0 fully saturated rings. The molecule has 2 aromatic rings. The summed E-state index contributed by atoms with van der Waals surface area (Å²) in [6, 6.07) is 12.5. The van der Waals surface area contributed by atoms with Crippen LogP contribution in [0.1, 0.15) is 29.1 Å². The van der Waals surface area contributed by atoms with Crippen LogP contribution in [0, 0.1) is 0 Å². The van der Waals surface area contributed by atoms with Crippen LogP contribution in [0.3, 0.4) is 0 Å². The lowest BCUT2D eigenvalue weighted by Crippen LogP contribution is -2.52. The molecule has 5 nitrogen and oxygen atoms in total. The second-order valence-corrected chi connectivity index (χ2v) is 7.35. The summed E-state index contributed by atoms with van der Waals surface area (Å²) in [6.07, 6.45) is 0.425. The van der Waals surface area contributed by atoms with Gasteiger partial charge in [-0.2, -0.15) is 0 Å². The van der Waals surface area contributed by atoms with E-state index in [4.69, 9.17) is 5.73 Å². The van der Waals surface area contributed by atoms with Gasteiger partial charge >= 0.3 is 0 Å². The minimum absolute atomic E-state index is 0.234. The lowest BCUT2D eigenvalue weighted by Gasteiger charge is -2.23. The van der Waals surface area contributed by atoms with E-state index >= 15 is 0 Å². The van der Waals surface area contributed by atoms with E-state index in [1.165, 1.54) is 11.3 Å². The summed E-state index contributed by atoms with van der Waals surface area (Å²) in [6.45, 7) is 4.01. The Labute approximate surface area is 146 Å². The molecule has 1 atom stereocenters. The highest BCUT2D eigenvalue weighted by Crippen LogP contribution is 2.10. The monoisotopic (exact) mass is 345 g/mol. The second-order valence-electron chi connectivity index (χ2n) is 6.40. The number of hydrogen-bond acceptors (Lipinski definition) is 4. The predicted molar refractivity (Wildman–Crippen MR) is 97.0 cm³/mol. The van der Waals surface area contributed by atoms with Crippen LogP contribution < -0.4 is 16.4 Å². The van der Waals surface area contributed by atoms with Gasteiger partial charge in [0.1, 0.15) is 6.04 Å². The molecule has 0 aliphatic rings. The zero-order chi connectivity index (χ0) is 17.6. The highest BCUT2D eigenvalue weighted by Gasteiger charge is 2.23. The van der Waals surface area contributed by atoms with Gasteiger partial charge in [-0.25, -0.2) is 0 Å². The van der Waals surface area contributed by atoms with Gasteiger partial charge in [0.15, 0.2) is 0 Å². The Bertz CT molecular complexity index is 663. The van der Waals surface area contributed by atoms with Crippen LogP contribution in [0.2, 0.25) is 0 Å². The van der Waals surface area contributed by atoms with Crippen LogP contribution in [0.5, 0.6) is 0 Å². The number of nitrogens with two attached hydrogens (primary N) is 1. The lowest BCUT2D eigenvalue weighted by molar-refractivity contribution is -0.123. The molecule has 1 aromatic heterocycles. The Kier molecular flexibility index (Phi) is 6.11. The van der Waals surface area contributed by atoms with Crippen molar-refractivity contribution >= 4 is 23.2 Å². The Hall–Kier alpha value is -2.18. The van der Waals surface area contributed by atoms with Gasteiger partial charge < -0.3 is 16.4 Å². The van der Waals surface area contributed by atoms with Gasteiger partial charge in [-0.15, -0.1) is 11.3 Å². The Balaban J connectivity index is 2.08. The number of amides is 2. The third-order valence-electron chi connectivity index (χ3n) is 3.37. The van der Waals surface area contributed by atoms with E-state index in [0.717, 1.165) is 5.56 Å². The molecule has 1 aromatic carbocycles. The third-order valence-corrected chi connectivity index (χ3v) is 4.24. The van der Waals surface area contributed by atoms with Crippen molar-refractivity contribution in [1.29, 1.82) is 0 Å². The Morgan fingerprint density at radius 1 is 1.17 bits per heavy atom. The summed E-state index contributed by atoms with van der Waals surface area (Å²) in [4.78, 5) is 25.4. The van der Waals surface area contributed by atoms with Crippen molar-refractivity contribution in [1.82, 2.24) is 10.6 Å². The molecular formula is C18H23N3O2S. The summed E-state index contributed by atoms with van der Waals surface area (Å²) >= 11 is 1.34. The molecule has 4 N–H and O–H groups in total. The molecule has 2 amide bonds. The first-order valence-electron chi connectivity index (χ1n) is 7.80. The smallest absolute Gasteiger partial charge is 0.262 e. The zero-order valence-corrected chi connectivity index (χ0v) is 14.7. The molecule has 0 aliphatic heterocycles. The van der Waals surface area contributed by atoms with Crippen LogP contribution in [0.25, 0.3) is 0 Å². The number of carbonyl (C=O) groups excluding carboxylic acids is 2. The van der Waals surface area contributed by atoms with Gasteiger partial charge in [0, 0.05) is 18.5 Å². The van der Waals surface area contributed by atoms with Gasteiger partial charge in [-0.1, -0.05) is 36.4 Å². The average Bonchev–Trinajstić information content (AvgIpc) is 3.07. The van der Waals surface area contributed by atoms with Crippen LogP contribution in [-0.2, 0) is 11.2 Å². The molecule has 0 bridgehead atoms. The van der Waals surface area contributed by atoms with Gasteiger partial charge in [0.25, 0.3) is 5.91 Å². The second kappa shape index (κ2) is 8.08. The summed E-state index contributed by atoms with van der Waals surface area (Å²) in [5.41, 5.74) is 6.39. The molecule has 24 heavy (non-hydrogen) atoms. The lowest BCUT2D eigenvalue weighted by atomic mass is 10.0. The maximum absolute atomic E-state index is 12.5. The molecule has 1 unspecified atom stereocenters.